The number of carbonyl (C=O) groups excluding carboxylic acids is 1. The van der Waals surface area contributed by atoms with Gasteiger partial charge in [-0.1, -0.05) is 18.6 Å². The van der Waals surface area contributed by atoms with Gasteiger partial charge in [-0.15, -0.1) is 0 Å². The van der Waals surface area contributed by atoms with Crippen molar-refractivity contribution in [1.29, 1.82) is 0 Å². The van der Waals surface area contributed by atoms with Crippen LogP contribution in [-0.4, -0.2) is 10.7 Å². The number of ketones is 1. The van der Waals surface area contributed by atoms with Crippen LogP contribution < -0.4 is 0 Å². The first-order valence-electron chi connectivity index (χ1n) is 6.24. The molecule has 0 spiro atoms. The fourth-order valence-corrected chi connectivity index (χ4v) is 2.96. The second-order valence-electron chi connectivity index (χ2n) is 4.80. The Kier molecular flexibility index (Phi) is 2.51. The minimum Gasteiger partial charge on any atom is -0.289 e. The van der Waals surface area contributed by atoms with E-state index in [4.69, 9.17) is 0 Å². The molecule has 1 aromatic rings. The summed E-state index contributed by atoms with van der Waals surface area (Å²) in [6.45, 7) is 0. The molecular formula is C14H13NO3. The molecular weight excluding hydrogens is 230 g/mol. The Hall–Kier alpha value is -1.97. The SMILES string of the molecule is O=C1C2=C(CCCCC2)c2cccc([N+](=O)[O-])c21. The van der Waals surface area contributed by atoms with Gasteiger partial charge in [-0.3, -0.25) is 14.9 Å². The molecule has 4 heteroatoms. The fourth-order valence-electron chi connectivity index (χ4n) is 2.96. The lowest BCUT2D eigenvalue weighted by molar-refractivity contribution is -0.385. The van der Waals surface area contributed by atoms with E-state index in [1.165, 1.54) is 6.07 Å². The maximum atomic E-state index is 12.3. The lowest BCUT2D eigenvalue weighted by Gasteiger charge is -2.04. The molecule has 2 aliphatic carbocycles. The molecule has 0 fully saturated rings. The molecule has 0 radical (unpaired) electrons. The zero-order chi connectivity index (χ0) is 12.7. The Balaban J connectivity index is 2.19. The van der Waals surface area contributed by atoms with Crippen molar-refractivity contribution in [1.82, 2.24) is 0 Å². The summed E-state index contributed by atoms with van der Waals surface area (Å²) in [6, 6.07) is 4.93. The molecule has 0 heterocycles. The number of carbonyl (C=O) groups is 1. The van der Waals surface area contributed by atoms with E-state index in [2.05, 4.69) is 0 Å². The maximum absolute atomic E-state index is 12.3. The summed E-state index contributed by atoms with van der Waals surface area (Å²) in [6.07, 6.45) is 4.83. The van der Waals surface area contributed by atoms with Crippen molar-refractivity contribution in [2.24, 2.45) is 0 Å². The molecule has 0 aromatic heterocycles. The van der Waals surface area contributed by atoms with Crippen molar-refractivity contribution in [3.63, 3.8) is 0 Å². The van der Waals surface area contributed by atoms with Gasteiger partial charge in [0.05, 0.1) is 4.92 Å². The van der Waals surface area contributed by atoms with Crippen LogP contribution in [0.3, 0.4) is 0 Å². The van der Waals surface area contributed by atoms with Gasteiger partial charge in [-0.05, 0) is 36.8 Å². The molecule has 0 atom stereocenters. The lowest BCUT2D eigenvalue weighted by atomic mass is 10.0. The first kappa shape index (κ1) is 11.1. The van der Waals surface area contributed by atoms with Crippen molar-refractivity contribution in [3.8, 4) is 0 Å². The largest absolute Gasteiger partial charge is 0.289 e. The van der Waals surface area contributed by atoms with E-state index in [9.17, 15) is 14.9 Å². The molecule has 3 rings (SSSR count). The van der Waals surface area contributed by atoms with Crippen molar-refractivity contribution in [3.05, 3.63) is 45.0 Å². The molecule has 0 N–H and O–H groups in total. The highest BCUT2D eigenvalue weighted by atomic mass is 16.6. The Morgan fingerprint density at radius 2 is 1.78 bits per heavy atom. The summed E-state index contributed by atoms with van der Waals surface area (Å²) in [5.74, 6) is -0.116. The van der Waals surface area contributed by atoms with Crippen molar-refractivity contribution >= 4 is 17.0 Å². The molecule has 0 unspecified atom stereocenters. The Bertz CT molecular complexity index is 587. The molecule has 92 valence electrons. The van der Waals surface area contributed by atoms with E-state index >= 15 is 0 Å². The summed E-state index contributed by atoms with van der Waals surface area (Å²) < 4.78 is 0. The normalized spacial score (nSPS) is 18.3. The van der Waals surface area contributed by atoms with Crippen LogP contribution in [0.5, 0.6) is 0 Å². The third-order valence-electron chi connectivity index (χ3n) is 3.78. The second-order valence-corrected chi connectivity index (χ2v) is 4.80. The Morgan fingerprint density at radius 1 is 1.06 bits per heavy atom. The van der Waals surface area contributed by atoms with Gasteiger partial charge in [0.2, 0.25) is 0 Å². The molecule has 1 aromatic carbocycles. The third-order valence-corrected chi connectivity index (χ3v) is 3.78. The van der Waals surface area contributed by atoms with E-state index in [0.717, 1.165) is 48.8 Å². The molecule has 0 saturated heterocycles. The summed E-state index contributed by atoms with van der Waals surface area (Å²) in [4.78, 5) is 22.9. The van der Waals surface area contributed by atoms with Crippen LogP contribution in [-0.2, 0) is 0 Å². The van der Waals surface area contributed by atoms with Gasteiger partial charge in [0.25, 0.3) is 5.69 Å². The second kappa shape index (κ2) is 4.05. The average molecular weight is 243 g/mol. The molecule has 0 amide bonds. The molecule has 18 heavy (non-hydrogen) atoms. The summed E-state index contributed by atoms with van der Waals surface area (Å²) in [5.41, 5.74) is 2.93. The number of fused-ring (bicyclic) bond motifs is 2. The van der Waals surface area contributed by atoms with Gasteiger partial charge in [-0.25, -0.2) is 0 Å². The number of hydrogen-bond acceptors (Lipinski definition) is 3. The van der Waals surface area contributed by atoms with Crippen LogP contribution in [0.25, 0.3) is 5.57 Å². The Morgan fingerprint density at radius 3 is 2.50 bits per heavy atom. The highest BCUT2D eigenvalue weighted by Gasteiger charge is 2.35. The molecule has 0 aliphatic heterocycles. The molecule has 4 nitrogen and oxygen atoms in total. The van der Waals surface area contributed by atoms with Crippen molar-refractivity contribution in [2.45, 2.75) is 32.1 Å². The van der Waals surface area contributed by atoms with E-state index in [0.29, 0.717) is 5.56 Å². The standard InChI is InChI=1S/C14H13NO3/c16-14-11-6-3-1-2-5-9(11)10-7-4-8-12(13(10)14)15(17)18/h4,7-8H,1-3,5-6H2. The van der Waals surface area contributed by atoms with Gasteiger partial charge in [-0.2, -0.15) is 0 Å². The van der Waals surface area contributed by atoms with Gasteiger partial charge >= 0.3 is 0 Å². The zero-order valence-electron chi connectivity index (χ0n) is 9.94. The van der Waals surface area contributed by atoms with E-state index in [1.54, 1.807) is 6.07 Å². The number of Topliss-reactive ketones (excluding diaryl/α,β-unsaturated/α-hetero) is 1. The quantitative estimate of drug-likeness (QED) is 0.560. The minimum absolute atomic E-state index is 0.0504. The van der Waals surface area contributed by atoms with Gasteiger partial charge in [0, 0.05) is 11.6 Å². The predicted octanol–water partition coefficient (Wildman–Crippen LogP) is 3.51. The van der Waals surface area contributed by atoms with Gasteiger partial charge in [0.15, 0.2) is 5.78 Å². The smallest absolute Gasteiger partial charge is 0.281 e. The topological polar surface area (TPSA) is 60.2 Å². The summed E-state index contributed by atoms with van der Waals surface area (Å²) in [7, 11) is 0. The first-order valence-corrected chi connectivity index (χ1v) is 6.24. The van der Waals surface area contributed by atoms with E-state index < -0.39 is 4.92 Å². The van der Waals surface area contributed by atoms with Crippen LogP contribution in [0.1, 0.15) is 48.0 Å². The van der Waals surface area contributed by atoms with E-state index in [-0.39, 0.29) is 11.5 Å². The zero-order valence-corrected chi connectivity index (χ0v) is 9.94. The highest BCUT2D eigenvalue weighted by Crippen LogP contribution is 2.43. The summed E-state index contributed by atoms with van der Waals surface area (Å²) in [5, 5.41) is 11.0. The third kappa shape index (κ3) is 1.49. The average Bonchev–Trinajstić information content (AvgIpc) is 2.57. The molecule has 0 bridgehead atoms. The van der Waals surface area contributed by atoms with Crippen LogP contribution in [0, 0.1) is 10.1 Å². The monoisotopic (exact) mass is 243 g/mol. The van der Waals surface area contributed by atoms with Crippen molar-refractivity contribution in [2.75, 3.05) is 0 Å². The maximum Gasteiger partial charge on any atom is 0.281 e. The van der Waals surface area contributed by atoms with Crippen LogP contribution in [0.4, 0.5) is 5.69 Å². The first-order chi connectivity index (χ1) is 8.70. The number of nitrogens with zero attached hydrogens (tertiary/aromatic N) is 1. The predicted molar refractivity (Wildman–Crippen MR) is 67.4 cm³/mol. The van der Waals surface area contributed by atoms with Crippen molar-refractivity contribution < 1.29 is 9.72 Å². The van der Waals surface area contributed by atoms with Crippen LogP contribution >= 0.6 is 0 Å². The summed E-state index contributed by atoms with van der Waals surface area (Å²) >= 11 is 0. The number of nitro benzene ring substituents is 1. The number of hydrogen-bond donors (Lipinski definition) is 0. The highest BCUT2D eigenvalue weighted by molar-refractivity contribution is 6.22. The number of allylic oxidation sites excluding steroid dienone is 2. The number of benzene rings is 1. The van der Waals surface area contributed by atoms with Gasteiger partial charge in [0.1, 0.15) is 5.56 Å². The minimum atomic E-state index is -0.455. The molecule has 2 aliphatic rings. The van der Waals surface area contributed by atoms with Gasteiger partial charge < -0.3 is 0 Å². The number of nitro groups is 1. The molecule has 0 saturated carbocycles. The van der Waals surface area contributed by atoms with E-state index in [1.807, 2.05) is 6.07 Å². The van der Waals surface area contributed by atoms with Crippen LogP contribution in [0.2, 0.25) is 0 Å². The fraction of sp³-hybridized carbons (Fsp3) is 0.357. The lowest BCUT2D eigenvalue weighted by Crippen LogP contribution is -2.03. The number of rotatable bonds is 1. The Labute approximate surface area is 104 Å². The van der Waals surface area contributed by atoms with Crippen LogP contribution in [0.15, 0.2) is 23.8 Å².